The fourth-order valence-electron chi connectivity index (χ4n) is 2.53. The maximum Gasteiger partial charge on any atom is 0.138 e. The Morgan fingerprint density at radius 2 is 2.13 bits per heavy atom. The maximum atomic E-state index is 5.79. The smallest absolute Gasteiger partial charge is 0.138 e. The number of hydrogen-bond donors (Lipinski definition) is 2. The Labute approximate surface area is 136 Å². The van der Waals surface area contributed by atoms with E-state index in [1.165, 1.54) is 11.1 Å². The van der Waals surface area contributed by atoms with Crippen LogP contribution in [0.4, 0.5) is 0 Å². The summed E-state index contributed by atoms with van der Waals surface area (Å²) in [6.45, 7) is 7.68. The van der Waals surface area contributed by atoms with E-state index in [0.717, 1.165) is 29.2 Å². The third-order valence-corrected chi connectivity index (χ3v) is 3.92. The van der Waals surface area contributed by atoms with E-state index >= 15 is 0 Å². The van der Waals surface area contributed by atoms with E-state index < -0.39 is 0 Å². The normalized spacial score (nSPS) is 12.5. The van der Waals surface area contributed by atoms with Gasteiger partial charge in [-0.25, -0.2) is 4.98 Å². The van der Waals surface area contributed by atoms with Crippen molar-refractivity contribution in [2.24, 2.45) is 0 Å². The number of benzene rings is 1. The molecule has 0 radical (unpaired) electrons. The van der Waals surface area contributed by atoms with Gasteiger partial charge in [-0.15, -0.1) is 0 Å². The number of aromatic amines is 1. The Morgan fingerprint density at radius 1 is 1.26 bits per heavy atom. The Kier molecular flexibility index (Phi) is 4.57. The molecule has 0 aliphatic rings. The summed E-state index contributed by atoms with van der Waals surface area (Å²) in [6, 6.07) is 7.99. The van der Waals surface area contributed by atoms with Crippen molar-refractivity contribution < 1.29 is 4.74 Å². The lowest BCUT2D eigenvalue weighted by Crippen LogP contribution is -2.28. The highest BCUT2D eigenvalue weighted by atomic mass is 16.5. The molecule has 2 heterocycles. The molecule has 3 aromatic rings. The zero-order valence-corrected chi connectivity index (χ0v) is 13.8. The zero-order chi connectivity index (χ0) is 16.2. The number of rotatable bonds is 6. The molecule has 1 aromatic carbocycles. The van der Waals surface area contributed by atoms with E-state index in [2.05, 4.69) is 46.2 Å². The number of fused-ring (bicyclic) bond motifs is 1. The van der Waals surface area contributed by atoms with E-state index in [9.17, 15) is 0 Å². The van der Waals surface area contributed by atoms with Gasteiger partial charge in [-0.3, -0.25) is 4.98 Å². The van der Waals surface area contributed by atoms with Crippen LogP contribution >= 0.6 is 0 Å². The highest BCUT2D eigenvalue weighted by Gasteiger charge is 2.08. The van der Waals surface area contributed by atoms with Crippen LogP contribution in [0.25, 0.3) is 11.0 Å². The second kappa shape index (κ2) is 6.79. The van der Waals surface area contributed by atoms with Gasteiger partial charge in [-0.1, -0.05) is 6.07 Å². The van der Waals surface area contributed by atoms with Crippen LogP contribution in [-0.2, 0) is 6.54 Å². The van der Waals surface area contributed by atoms with Gasteiger partial charge in [-0.05, 0) is 50.1 Å². The van der Waals surface area contributed by atoms with Crippen molar-refractivity contribution in [3.05, 3.63) is 53.6 Å². The first-order chi connectivity index (χ1) is 11.1. The van der Waals surface area contributed by atoms with Gasteiger partial charge < -0.3 is 15.0 Å². The molecule has 5 heteroatoms. The fourth-order valence-corrected chi connectivity index (χ4v) is 2.53. The predicted octanol–water partition coefficient (Wildman–Crippen LogP) is 3.13. The van der Waals surface area contributed by atoms with Gasteiger partial charge in [0.15, 0.2) is 0 Å². The Balaban J connectivity index is 1.55. The molecular weight excluding hydrogens is 288 g/mol. The molecule has 0 fully saturated rings. The summed E-state index contributed by atoms with van der Waals surface area (Å²) >= 11 is 0. The Morgan fingerprint density at radius 3 is 2.91 bits per heavy atom. The molecule has 1 atom stereocenters. The number of nitrogens with zero attached hydrogens (tertiary/aromatic N) is 2. The summed E-state index contributed by atoms with van der Waals surface area (Å²) in [5.41, 5.74) is 4.64. The molecule has 0 saturated carbocycles. The number of H-pyrrole nitrogens is 1. The third kappa shape index (κ3) is 3.68. The molecule has 0 spiro atoms. The second-order valence-corrected chi connectivity index (χ2v) is 5.84. The molecule has 23 heavy (non-hydrogen) atoms. The summed E-state index contributed by atoms with van der Waals surface area (Å²) in [5, 5.41) is 3.38. The van der Waals surface area contributed by atoms with Gasteiger partial charge in [0.05, 0.1) is 23.8 Å². The van der Waals surface area contributed by atoms with Gasteiger partial charge in [0, 0.05) is 12.7 Å². The molecule has 0 saturated heterocycles. The van der Waals surface area contributed by atoms with Crippen LogP contribution in [-0.4, -0.2) is 27.6 Å². The third-order valence-electron chi connectivity index (χ3n) is 3.92. The lowest BCUT2D eigenvalue weighted by Gasteiger charge is -2.14. The number of imidazole rings is 1. The topological polar surface area (TPSA) is 62.8 Å². The number of aryl methyl sites for hydroxylation is 2. The summed E-state index contributed by atoms with van der Waals surface area (Å²) in [5.74, 6) is 1.74. The van der Waals surface area contributed by atoms with Crippen molar-refractivity contribution >= 4 is 11.0 Å². The summed E-state index contributed by atoms with van der Waals surface area (Å²) in [6.07, 6.45) is 3.52. The Hall–Kier alpha value is -2.40. The second-order valence-electron chi connectivity index (χ2n) is 5.84. The minimum Gasteiger partial charge on any atom is -0.488 e. The van der Waals surface area contributed by atoms with Crippen LogP contribution in [0.1, 0.15) is 23.9 Å². The molecule has 5 nitrogen and oxygen atoms in total. The van der Waals surface area contributed by atoms with Gasteiger partial charge in [-0.2, -0.15) is 0 Å². The predicted molar refractivity (Wildman–Crippen MR) is 91.6 cm³/mol. The molecule has 2 N–H and O–H groups in total. The first-order valence-electron chi connectivity index (χ1n) is 7.85. The molecule has 2 aromatic heterocycles. The summed E-state index contributed by atoms with van der Waals surface area (Å²) in [4.78, 5) is 12.1. The zero-order valence-electron chi connectivity index (χ0n) is 13.8. The van der Waals surface area contributed by atoms with Crippen LogP contribution in [0, 0.1) is 13.8 Å². The average Bonchev–Trinajstić information content (AvgIpc) is 2.96. The largest absolute Gasteiger partial charge is 0.488 e. The first-order valence-corrected chi connectivity index (χ1v) is 7.85. The Bertz CT molecular complexity index is 782. The summed E-state index contributed by atoms with van der Waals surface area (Å²) < 4.78 is 5.79. The van der Waals surface area contributed by atoms with Crippen molar-refractivity contribution in [3.63, 3.8) is 0 Å². The van der Waals surface area contributed by atoms with E-state index in [-0.39, 0.29) is 6.10 Å². The number of pyridine rings is 1. The van der Waals surface area contributed by atoms with Gasteiger partial charge >= 0.3 is 0 Å². The summed E-state index contributed by atoms with van der Waals surface area (Å²) in [7, 11) is 0. The molecular formula is C18H22N4O. The highest BCUT2D eigenvalue weighted by molar-refractivity contribution is 5.79. The van der Waals surface area contributed by atoms with Crippen LogP contribution in [0.15, 0.2) is 36.7 Å². The number of ether oxygens (including phenoxy) is 1. The number of nitrogens with one attached hydrogen (secondary N) is 2. The lowest BCUT2D eigenvalue weighted by atomic mass is 10.1. The van der Waals surface area contributed by atoms with Gasteiger partial charge in [0.2, 0.25) is 0 Å². The van der Waals surface area contributed by atoms with Crippen LogP contribution in [0.2, 0.25) is 0 Å². The van der Waals surface area contributed by atoms with Crippen LogP contribution < -0.4 is 10.1 Å². The van der Waals surface area contributed by atoms with E-state index in [0.29, 0.717) is 6.54 Å². The SMILES string of the molecule is Cc1ccc2[nH]c(CNC[C@@H](C)Oc3cccnc3)nc2c1C. The quantitative estimate of drug-likeness (QED) is 0.734. The van der Waals surface area contributed by atoms with Crippen molar-refractivity contribution in [1.82, 2.24) is 20.3 Å². The molecule has 3 rings (SSSR count). The minimum atomic E-state index is 0.0626. The molecule has 0 amide bonds. The van der Waals surface area contributed by atoms with Crippen molar-refractivity contribution in [2.75, 3.05) is 6.54 Å². The molecule has 0 aliphatic carbocycles. The van der Waals surface area contributed by atoms with E-state index in [1.807, 2.05) is 19.1 Å². The molecule has 120 valence electrons. The molecule has 0 aliphatic heterocycles. The number of hydrogen-bond acceptors (Lipinski definition) is 4. The highest BCUT2D eigenvalue weighted by Crippen LogP contribution is 2.19. The average molecular weight is 310 g/mol. The van der Waals surface area contributed by atoms with Gasteiger partial charge in [0.25, 0.3) is 0 Å². The van der Waals surface area contributed by atoms with E-state index in [4.69, 9.17) is 4.74 Å². The minimum absolute atomic E-state index is 0.0626. The molecule has 0 bridgehead atoms. The fraction of sp³-hybridized carbons (Fsp3) is 0.333. The lowest BCUT2D eigenvalue weighted by molar-refractivity contribution is 0.215. The van der Waals surface area contributed by atoms with Crippen LogP contribution in [0.5, 0.6) is 5.75 Å². The molecule has 0 unspecified atom stereocenters. The van der Waals surface area contributed by atoms with E-state index in [1.54, 1.807) is 12.4 Å². The monoisotopic (exact) mass is 310 g/mol. The first kappa shape index (κ1) is 15.5. The standard InChI is InChI=1S/C18H22N4O/c1-12-6-7-16-18(14(12)3)22-17(21-16)11-20-9-13(2)23-15-5-4-8-19-10-15/h4-8,10,13,20H,9,11H2,1-3H3,(H,21,22)/t13-/m1/s1. The van der Waals surface area contributed by atoms with Crippen molar-refractivity contribution in [2.45, 2.75) is 33.4 Å². The maximum absolute atomic E-state index is 5.79. The number of aromatic nitrogens is 3. The van der Waals surface area contributed by atoms with Gasteiger partial charge in [0.1, 0.15) is 17.7 Å². The van der Waals surface area contributed by atoms with Crippen LogP contribution in [0.3, 0.4) is 0 Å². The van der Waals surface area contributed by atoms with Crippen molar-refractivity contribution in [3.8, 4) is 5.75 Å². The van der Waals surface area contributed by atoms with Crippen molar-refractivity contribution in [1.29, 1.82) is 0 Å².